The number of carbonyl (C=O) groups is 1. The van der Waals surface area contributed by atoms with E-state index in [-0.39, 0.29) is 11.8 Å². The number of hydrogen-bond acceptors (Lipinski definition) is 4. The highest BCUT2D eigenvalue weighted by molar-refractivity contribution is 5.96. The molecule has 2 N–H and O–H groups in total. The summed E-state index contributed by atoms with van der Waals surface area (Å²) in [6.07, 6.45) is 1.10. The Morgan fingerprint density at radius 2 is 2.15 bits per heavy atom. The number of rotatable bonds is 5. The molecule has 0 radical (unpaired) electrons. The summed E-state index contributed by atoms with van der Waals surface area (Å²) in [5.41, 5.74) is 6.68. The summed E-state index contributed by atoms with van der Waals surface area (Å²) in [5, 5.41) is 0. The fourth-order valence-electron chi connectivity index (χ4n) is 2.86. The van der Waals surface area contributed by atoms with Gasteiger partial charge in [-0.1, -0.05) is 19.1 Å². The molecule has 20 heavy (non-hydrogen) atoms. The molecule has 2 atom stereocenters. The molecule has 0 saturated carbocycles. The largest absolute Gasteiger partial charge is 0.491 e. The number of nitrogens with zero attached hydrogens (tertiary/aromatic N) is 1. The van der Waals surface area contributed by atoms with E-state index in [0.29, 0.717) is 23.8 Å². The van der Waals surface area contributed by atoms with Crippen LogP contribution in [0.4, 0.5) is 0 Å². The van der Waals surface area contributed by atoms with E-state index < -0.39 is 0 Å². The molecule has 1 saturated heterocycles. The van der Waals surface area contributed by atoms with Gasteiger partial charge in [0.25, 0.3) is 0 Å². The van der Waals surface area contributed by atoms with E-state index in [2.05, 4.69) is 11.8 Å². The van der Waals surface area contributed by atoms with Crippen LogP contribution in [0.1, 0.15) is 30.6 Å². The minimum absolute atomic E-state index is 0.0363. The predicted octanol–water partition coefficient (Wildman–Crippen LogP) is 1.94. The second kappa shape index (κ2) is 6.86. The highest BCUT2D eigenvalue weighted by Gasteiger charge is 2.21. The third kappa shape index (κ3) is 4.05. The molecule has 0 amide bonds. The number of ketones is 1. The van der Waals surface area contributed by atoms with Gasteiger partial charge in [-0.15, -0.1) is 0 Å². The zero-order chi connectivity index (χ0) is 14.5. The SMILES string of the molecule is CC(=O)c1ccccc1OCCN1CC(C)CC(N)C1. The van der Waals surface area contributed by atoms with Crippen molar-refractivity contribution in [2.45, 2.75) is 26.3 Å². The molecule has 1 aliphatic heterocycles. The number of para-hydroxylation sites is 1. The van der Waals surface area contributed by atoms with Gasteiger partial charge in [0.1, 0.15) is 12.4 Å². The van der Waals surface area contributed by atoms with E-state index >= 15 is 0 Å². The molecule has 2 unspecified atom stereocenters. The van der Waals surface area contributed by atoms with Crippen LogP contribution in [0.25, 0.3) is 0 Å². The van der Waals surface area contributed by atoms with Crippen LogP contribution < -0.4 is 10.5 Å². The van der Waals surface area contributed by atoms with Gasteiger partial charge in [0.15, 0.2) is 5.78 Å². The number of nitrogens with two attached hydrogens (primary N) is 1. The fraction of sp³-hybridized carbons (Fsp3) is 0.562. The van der Waals surface area contributed by atoms with Crippen molar-refractivity contribution in [3.05, 3.63) is 29.8 Å². The smallest absolute Gasteiger partial charge is 0.163 e. The van der Waals surface area contributed by atoms with Crippen LogP contribution >= 0.6 is 0 Å². The zero-order valence-corrected chi connectivity index (χ0v) is 12.3. The first-order chi connectivity index (χ1) is 9.56. The topological polar surface area (TPSA) is 55.6 Å². The van der Waals surface area contributed by atoms with E-state index in [4.69, 9.17) is 10.5 Å². The minimum atomic E-state index is 0.0363. The highest BCUT2D eigenvalue weighted by atomic mass is 16.5. The molecule has 0 aliphatic carbocycles. The summed E-state index contributed by atoms with van der Waals surface area (Å²) in [6, 6.07) is 7.66. The van der Waals surface area contributed by atoms with Gasteiger partial charge in [0.2, 0.25) is 0 Å². The molecule has 4 heteroatoms. The summed E-state index contributed by atoms with van der Waals surface area (Å²) < 4.78 is 5.77. The number of likely N-dealkylation sites (tertiary alicyclic amines) is 1. The maximum Gasteiger partial charge on any atom is 0.163 e. The second-order valence-electron chi connectivity index (χ2n) is 5.76. The molecule has 1 aromatic rings. The normalized spacial score (nSPS) is 23.6. The Kier molecular flexibility index (Phi) is 5.15. The Hall–Kier alpha value is -1.39. The Labute approximate surface area is 120 Å². The van der Waals surface area contributed by atoms with E-state index in [0.717, 1.165) is 26.1 Å². The van der Waals surface area contributed by atoms with Crippen molar-refractivity contribution in [3.8, 4) is 5.75 Å². The molecule has 1 heterocycles. The summed E-state index contributed by atoms with van der Waals surface area (Å²) in [5.74, 6) is 1.35. The van der Waals surface area contributed by atoms with Crippen molar-refractivity contribution >= 4 is 5.78 Å². The third-order valence-electron chi connectivity index (χ3n) is 3.70. The van der Waals surface area contributed by atoms with E-state index in [9.17, 15) is 4.79 Å². The monoisotopic (exact) mass is 276 g/mol. The lowest BCUT2D eigenvalue weighted by Crippen LogP contribution is -2.47. The molecule has 0 aromatic heterocycles. The lowest BCUT2D eigenvalue weighted by molar-refractivity contribution is 0.101. The quantitative estimate of drug-likeness (QED) is 0.835. The van der Waals surface area contributed by atoms with Crippen molar-refractivity contribution in [1.82, 2.24) is 4.90 Å². The number of benzene rings is 1. The Balaban J connectivity index is 1.85. The first-order valence-corrected chi connectivity index (χ1v) is 7.27. The van der Waals surface area contributed by atoms with E-state index in [1.807, 2.05) is 18.2 Å². The predicted molar refractivity (Wildman–Crippen MR) is 80.1 cm³/mol. The van der Waals surface area contributed by atoms with E-state index in [1.54, 1.807) is 13.0 Å². The van der Waals surface area contributed by atoms with Crippen molar-refractivity contribution in [3.63, 3.8) is 0 Å². The second-order valence-corrected chi connectivity index (χ2v) is 5.76. The number of Topliss-reactive ketones (excluding diaryl/α,β-unsaturated/α-hetero) is 1. The molecule has 1 aromatic carbocycles. The molecule has 0 spiro atoms. The van der Waals surface area contributed by atoms with Crippen molar-refractivity contribution in [2.75, 3.05) is 26.2 Å². The molecular weight excluding hydrogens is 252 g/mol. The van der Waals surface area contributed by atoms with E-state index in [1.165, 1.54) is 0 Å². The van der Waals surface area contributed by atoms with Crippen LogP contribution in [0.2, 0.25) is 0 Å². The Bertz CT molecular complexity index is 452. The van der Waals surface area contributed by atoms with Crippen LogP contribution in [-0.4, -0.2) is 43.0 Å². The lowest BCUT2D eigenvalue weighted by atomic mass is 9.97. The van der Waals surface area contributed by atoms with Crippen molar-refractivity contribution in [1.29, 1.82) is 0 Å². The third-order valence-corrected chi connectivity index (χ3v) is 3.70. The van der Waals surface area contributed by atoms with Crippen LogP contribution in [0.5, 0.6) is 5.75 Å². The maximum absolute atomic E-state index is 11.5. The average molecular weight is 276 g/mol. The number of ether oxygens (including phenoxy) is 1. The maximum atomic E-state index is 11.5. The number of piperidine rings is 1. The fourth-order valence-corrected chi connectivity index (χ4v) is 2.86. The first-order valence-electron chi connectivity index (χ1n) is 7.27. The number of hydrogen-bond donors (Lipinski definition) is 1. The molecular formula is C16H24N2O2. The highest BCUT2D eigenvalue weighted by Crippen LogP contribution is 2.19. The van der Waals surface area contributed by atoms with Crippen LogP contribution in [0.15, 0.2) is 24.3 Å². The van der Waals surface area contributed by atoms with Gasteiger partial charge in [-0.3, -0.25) is 9.69 Å². The van der Waals surface area contributed by atoms with Crippen LogP contribution in [-0.2, 0) is 0 Å². The Morgan fingerprint density at radius 1 is 1.40 bits per heavy atom. The van der Waals surface area contributed by atoms with Gasteiger partial charge in [0, 0.05) is 25.7 Å². The van der Waals surface area contributed by atoms with Gasteiger partial charge >= 0.3 is 0 Å². The first kappa shape index (κ1) is 15.0. The van der Waals surface area contributed by atoms with Gasteiger partial charge in [-0.2, -0.15) is 0 Å². The summed E-state index contributed by atoms with van der Waals surface area (Å²) in [7, 11) is 0. The lowest BCUT2D eigenvalue weighted by Gasteiger charge is -2.34. The minimum Gasteiger partial charge on any atom is -0.491 e. The summed E-state index contributed by atoms with van der Waals surface area (Å²) in [6.45, 7) is 7.24. The zero-order valence-electron chi connectivity index (χ0n) is 12.3. The molecule has 1 fully saturated rings. The van der Waals surface area contributed by atoms with Gasteiger partial charge in [-0.25, -0.2) is 0 Å². The molecule has 1 aliphatic rings. The van der Waals surface area contributed by atoms with Crippen LogP contribution in [0.3, 0.4) is 0 Å². The molecule has 110 valence electrons. The molecule has 0 bridgehead atoms. The van der Waals surface area contributed by atoms with Crippen LogP contribution in [0, 0.1) is 5.92 Å². The van der Waals surface area contributed by atoms with Crippen molar-refractivity contribution < 1.29 is 9.53 Å². The van der Waals surface area contributed by atoms with Gasteiger partial charge in [-0.05, 0) is 31.4 Å². The summed E-state index contributed by atoms with van der Waals surface area (Å²) >= 11 is 0. The standard InChI is InChI=1S/C16H24N2O2/c1-12-9-14(17)11-18(10-12)7-8-20-16-6-4-3-5-15(16)13(2)19/h3-6,12,14H,7-11,17H2,1-2H3. The summed E-state index contributed by atoms with van der Waals surface area (Å²) in [4.78, 5) is 13.9. The van der Waals surface area contributed by atoms with Gasteiger partial charge < -0.3 is 10.5 Å². The van der Waals surface area contributed by atoms with Crippen molar-refractivity contribution in [2.24, 2.45) is 11.7 Å². The number of carbonyl (C=O) groups excluding carboxylic acids is 1. The Morgan fingerprint density at radius 3 is 2.85 bits per heavy atom. The average Bonchev–Trinajstić information content (AvgIpc) is 2.38. The molecule has 4 nitrogen and oxygen atoms in total. The molecule has 2 rings (SSSR count). The van der Waals surface area contributed by atoms with Gasteiger partial charge in [0.05, 0.1) is 5.56 Å².